The van der Waals surface area contributed by atoms with Gasteiger partial charge >= 0.3 is 0 Å². The fourth-order valence-electron chi connectivity index (χ4n) is 2.65. The Balaban J connectivity index is 1.84. The normalized spacial score (nSPS) is 23.0. The summed E-state index contributed by atoms with van der Waals surface area (Å²) in [6, 6.07) is 6.14. The van der Waals surface area contributed by atoms with Crippen molar-refractivity contribution in [3.05, 3.63) is 18.2 Å². The molecule has 2 atom stereocenters. The van der Waals surface area contributed by atoms with Gasteiger partial charge in [0.15, 0.2) is 0 Å². The molecule has 18 heavy (non-hydrogen) atoms. The Labute approximate surface area is 110 Å². The maximum absolute atomic E-state index is 4.57. The van der Waals surface area contributed by atoms with Crippen LogP contribution in [0.3, 0.4) is 0 Å². The summed E-state index contributed by atoms with van der Waals surface area (Å²) in [5.41, 5.74) is 0. The first-order chi connectivity index (χ1) is 8.79. The maximum atomic E-state index is 4.57. The molecule has 1 aromatic heterocycles. The molecule has 2 N–H and O–H groups in total. The predicted molar refractivity (Wildman–Crippen MR) is 78.0 cm³/mol. The highest BCUT2D eigenvalue weighted by Crippen LogP contribution is 2.31. The lowest BCUT2D eigenvalue weighted by atomic mass is 9.98. The smallest absolute Gasteiger partial charge is 0.128 e. The molecule has 1 aliphatic carbocycles. The largest absolute Gasteiger partial charge is 0.370 e. The van der Waals surface area contributed by atoms with Crippen LogP contribution in [0.25, 0.3) is 0 Å². The van der Waals surface area contributed by atoms with Gasteiger partial charge in [0.2, 0.25) is 0 Å². The Morgan fingerprint density at radius 2 is 2.00 bits per heavy atom. The summed E-state index contributed by atoms with van der Waals surface area (Å²) in [6.07, 6.45) is 5.26. The Morgan fingerprint density at radius 1 is 1.22 bits per heavy atom. The molecular weight excluding hydrogens is 222 g/mol. The average molecular weight is 247 g/mol. The van der Waals surface area contributed by atoms with Gasteiger partial charge in [0.05, 0.1) is 0 Å². The molecule has 0 radical (unpaired) electrons. The fourth-order valence-corrected chi connectivity index (χ4v) is 2.65. The van der Waals surface area contributed by atoms with Gasteiger partial charge in [0.1, 0.15) is 11.6 Å². The number of pyridine rings is 1. The van der Waals surface area contributed by atoms with Crippen LogP contribution in [-0.2, 0) is 0 Å². The summed E-state index contributed by atoms with van der Waals surface area (Å²) in [4.78, 5) is 4.57. The third-order valence-electron chi connectivity index (χ3n) is 3.89. The molecule has 3 nitrogen and oxygen atoms in total. The Bertz CT molecular complexity index is 365. The molecule has 3 heteroatoms. The van der Waals surface area contributed by atoms with Gasteiger partial charge in [-0.3, -0.25) is 0 Å². The number of nitrogens with one attached hydrogen (secondary N) is 2. The van der Waals surface area contributed by atoms with E-state index >= 15 is 0 Å². The summed E-state index contributed by atoms with van der Waals surface area (Å²) in [5.74, 6) is 3.65. The van der Waals surface area contributed by atoms with E-state index in [1.54, 1.807) is 0 Å². The lowest BCUT2D eigenvalue weighted by Crippen LogP contribution is -2.17. The Morgan fingerprint density at radius 3 is 2.67 bits per heavy atom. The molecule has 1 fully saturated rings. The van der Waals surface area contributed by atoms with Crippen LogP contribution in [0.4, 0.5) is 11.6 Å². The highest BCUT2D eigenvalue weighted by molar-refractivity contribution is 5.45. The van der Waals surface area contributed by atoms with Crippen LogP contribution in [0.2, 0.25) is 0 Å². The van der Waals surface area contributed by atoms with E-state index in [4.69, 9.17) is 0 Å². The van der Waals surface area contributed by atoms with Crippen molar-refractivity contribution in [2.75, 3.05) is 23.7 Å². The molecule has 1 saturated carbocycles. The van der Waals surface area contributed by atoms with E-state index in [-0.39, 0.29) is 0 Å². The van der Waals surface area contributed by atoms with Crippen LogP contribution >= 0.6 is 0 Å². The highest BCUT2D eigenvalue weighted by atomic mass is 15.1. The molecular formula is C15H25N3. The van der Waals surface area contributed by atoms with Gasteiger partial charge in [-0.2, -0.15) is 0 Å². The van der Waals surface area contributed by atoms with Crippen molar-refractivity contribution in [3.63, 3.8) is 0 Å². The Hall–Kier alpha value is -1.25. The summed E-state index contributed by atoms with van der Waals surface area (Å²) < 4.78 is 0. The summed E-state index contributed by atoms with van der Waals surface area (Å²) >= 11 is 0. The van der Waals surface area contributed by atoms with Crippen molar-refractivity contribution in [2.24, 2.45) is 11.8 Å². The molecule has 0 amide bonds. The first kappa shape index (κ1) is 13.2. The minimum atomic E-state index is 0.819. The zero-order valence-electron chi connectivity index (χ0n) is 11.6. The zero-order valence-corrected chi connectivity index (χ0v) is 11.6. The lowest BCUT2D eigenvalue weighted by molar-refractivity contribution is 0.439. The molecule has 2 unspecified atom stereocenters. The molecule has 0 spiro atoms. The SMILES string of the molecule is CCCNc1cccc(NCC2CCCC2C)n1. The van der Waals surface area contributed by atoms with Crippen molar-refractivity contribution >= 4 is 11.6 Å². The van der Waals surface area contributed by atoms with Crippen LogP contribution in [0.1, 0.15) is 39.5 Å². The average Bonchev–Trinajstić information content (AvgIpc) is 2.80. The second kappa shape index (κ2) is 6.62. The van der Waals surface area contributed by atoms with Gasteiger partial charge in [-0.25, -0.2) is 4.98 Å². The number of hydrogen-bond donors (Lipinski definition) is 2. The van der Waals surface area contributed by atoms with Crippen LogP contribution in [0.15, 0.2) is 18.2 Å². The fraction of sp³-hybridized carbons (Fsp3) is 0.667. The Kier molecular flexibility index (Phi) is 4.85. The molecule has 1 aliphatic rings. The van der Waals surface area contributed by atoms with Gasteiger partial charge in [-0.1, -0.05) is 32.8 Å². The van der Waals surface area contributed by atoms with Crippen LogP contribution < -0.4 is 10.6 Å². The predicted octanol–water partition coefficient (Wildman–Crippen LogP) is 3.75. The first-order valence-electron chi connectivity index (χ1n) is 7.24. The van der Waals surface area contributed by atoms with E-state index in [2.05, 4.69) is 41.6 Å². The van der Waals surface area contributed by atoms with E-state index in [1.807, 2.05) is 6.07 Å². The molecule has 0 bridgehead atoms. The van der Waals surface area contributed by atoms with Crippen molar-refractivity contribution in [2.45, 2.75) is 39.5 Å². The number of aromatic nitrogens is 1. The second-order valence-electron chi connectivity index (χ2n) is 5.38. The quantitative estimate of drug-likeness (QED) is 0.804. The number of rotatable bonds is 6. The monoisotopic (exact) mass is 247 g/mol. The molecule has 1 heterocycles. The van der Waals surface area contributed by atoms with Gasteiger partial charge < -0.3 is 10.6 Å². The maximum Gasteiger partial charge on any atom is 0.128 e. The number of hydrogen-bond acceptors (Lipinski definition) is 3. The molecule has 0 saturated heterocycles. The van der Waals surface area contributed by atoms with E-state index in [1.165, 1.54) is 19.3 Å². The summed E-state index contributed by atoms with van der Waals surface area (Å²) in [7, 11) is 0. The van der Waals surface area contributed by atoms with Crippen molar-refractivity contribution in [1.82, 2.24) is 4.98 Å². The van der Waals surface area contributed by atoms with Gasteiger partial charge in [-0.05, 0) is 36.8 Å². The van der Waals surface area contributed by atoms with Crippen molar-refractivity contribution in [1.29, 1.82) is 0 Å². The number of nitrogens with zero attached hydrogens (tertiary/aromatic N) is 1. The van der Waals surface area contributed by atoms with Gasteiger partial charge in [0.25, 0.3) is 0 Å². The summed E-state index contributed by atoms with van der Waals surface area (Å²) in [5, 5.41) is 6.80. The van der Waals surface area contributed by atoms with Crippen LogP contribution in [0.5, 0.6) is 0 Å². The molecule has 0 aromatic carbocycles. The van der Waals surface area contributed by atoms with E-state index in [0.29, 0.717) is 0 Å². The topological polar surface area (TPSA) is 37.0 Å². The third-order valence-corrected chi connectivity index (χ3v) is 3.89. The zero-order chi connectivity index (χ0) is 12.8. The molecule has 100 valence electrons. The minimum absolute atomic E-state index is 0.819. The molecule has 2 rings (SSSR count). The number of anilines is 2. The minimum Gasteiger partial charge on any atom is -0.370 e. The van der Waals surface area contributed by atoms with Gasteiger partial charge in [0, 0.05) is 13.1 Å². The van der Waals surface area contributed by atoms with Crippen molar-refractivity contribution in [3.8, 4) is 0 Å². The highest BCUT2D eigenvalue weighted by Gasteiger charge is 2.22. The lowest BCUT2D eigenvalue weighted by Gasteiger charge is -2.16. The first-order valence-corrected chi connectivity index (χ1v) is 7.24. The van der Waals surface area contributed by atoms with Gasteiger partial charge in [-0.15, -0.1) is 0 Å². The second-order valence-corrected chi connectivity index (χ2v) is 5.38. The van der Waals surface area contributed by atoms with E-state index in [0.717, 1.165) is 43.0 Å². The third kappa shape index (κ3) is 3.62. The summed E-state index contributed by atoms with van der Waals surface area (Å²) in [6.45, 7) is 6.57. The van der Waals surface area contributed by atoms with Crippen LogP contribution in [-0.4, -0.2) is 18.1 Å². The van der Waals surface area contributed by atoms with E-state index < -0.39 is 0 Å². The standard InChI is InChI=1S/C15H25N3/c1-3-10-16-14-8-5-9-15(18-14)17-11-13-7-4-6-12(13)2/h5,8-9,12-13H,3-4,6-7,10-11H2,1-2H3,(H2,16,17,18). The molecule has 0 aliphatic heterocycles. The van der Waals surface area contributed by atoms with Crippen molar-refractivity contribution < 1.29 is 0 Å². The van der Waals surface area contributed by atoms with Crippen LogP contribution in [0, 0.1) is 11.8 Å². The molecule has 1 aromatic rings. The van der Waals surface area contributed by atoms with E-state index in [9.17, 15) is 0 Å².